The summed E-state index contributed by atoms with van der Waals surface area (Å²) in [7, 11) is 0. The first kappa shape index (κ1) is 9.74. The van der Waals surface area contributed by atoms with E-state index in [0.717, 1.165) is 38.5 Å². The molecular weight excluding hydrogens is 178 g/mol. The zero-order valence-electron chi connectivity index (χ0n) is 8.61. The van der Waals surface area contributed by atoms with Gasteiger partial charge in [0.25, 0.3) is 0 Å². The lowest BCUT2D eigenvalue weighted by molar-refractivity contribution is 0.0107. The standard InChI is InChI=1S/C11H17NO2/c1-2-10(11-4-3-7-14-11)12-5-8-13-9-6-12/h3-4,7,10H,2,5-6,8-9H2,1H3/t10-/m1/s1. The van der Waals surface area contributed by atoms with Crippen LogP contribution >= 0.6 is 0 Å². The Bertz CT molecular complexity index is 252. The van der Waals surface area contributed by atoms with Crippen LogP contribution in [-0.2, 0) is 4.74 Å². The van der Waals surface area contributed by atoms with Crippen molar-refractivity contribution in [1.29, 1.82) is 0 Å². The van der Waals surface area contributed by atoms with E-state index in [2.05, 4.69) is 17.9 Å². The molecule has 1 aliphatic rings. The lowest BCUT2D eigenvalue weighted by atomic mass is 10.1. The molecule has 0 aromatic carbocycles. The van der Waals surface area contributed by atoms with Gasteiger partial charge in [0.15, 0.2) is 0 Å². The fraction of sp³-hybridized carbons (Fsp3) is 0.636. The highest BCUT2D eigenvalue weighted by Gasteiger charge is 2.22. The minimum atomic E-state index is 0.425. The predicted octanol–water partition coefficient (Wildman–Crippen LogP) is 2.06. The smallest absolute Gasteiger partial charge is 0.120 e. The van der Waals surface area contributed by atoms with Gasteiger partial charge in [0.2, 0.25) is 0 Å². The molecule has 1 saturated heterocycles. The Balaban J connectivity index is 2.04. The quantitative estimate of drug-likeness (QED) is 0.738. The van der Waals surface area contributed by atoms with Crippen molar-refractivity contribution in [1.82, 2.24) is 4.90 Å². The van der Waals surface area contributed by atoms with Gasteiger partial charge >= 0.3 is 0 Å². The molecule has 1 fully saturated rings. The maximum atomic E-state index is 5.46. The third kappa shape index (κ3) is 1.99. The van der Waals surface area contributed by atoms with Gasteiger partial charge in [0, 0.05) is 13.1 Å². The highest BCUT2D eigenvalue weighted by Crippen LogP contribution is 2.24. The molecule has 2 rings (SSSR count). The third-order valence-electron chi connectivity index (χ3n) is 2.74. The van der Waals surface area contributed by atoms with Gasteiger partial charge in [-0.2, -0.15) is 0 Å². The van der Waals surface area contributed by atoms with Crippen LogP contribution in [0.2, 0.25) is 0 Å². The summed E-state index contributed by atoms with van der Waals surface area (Å²) in [6.45, 7) is 5.91. The molecule has 78 valence electrons. The minimum Gasteiger partial charge on any atom is -0.468 e. The van der Waals surface area contributed by atoms with Crippen LogP contribution in [0.1, 0.15) is 25.1 Å². The summed E-state index contributed by atoms with van der Waals surface area (Å²) >= 11 is 0. The Morgan fingerprint density at radius 1 is 1.43 bits per heavy atom. The number of ether oxygens (including phenoxy) is 1. The molecule has 0 unspecified atom stereocenters. The Hall–Kier alpha value is -0.800. The zero-order valence-corrected chi connectivity index (χ0v) is 8.61. The molecule has 1 atom stereocenters. The van der Waals surface area contributed by atoms with Gasteiger partial charge in [0.05, 0.1) is 25.5 Å². The molecule has 0 amide bonds. The summed E-state index contributed by atoms with van der Waals surface area (Å²) < 4.78 is 10.8. The van der Waals surface area contributed by atoms with Gasteiger partial charge in [-0.15, -0.1) is 0 Å². The summed E-state index contributed by atoms with van der Waals surface area (Å²) in [5.41, 5.74) is 0. The molecule has 0 saturated carbocycles. The van der Waals surface area contributed by atoms with Crippen molar-refractivity contribution in [3.63, 3.8) is 0 Å². The van der Waals surface area contributed by atoms with E-state index in [-0.39, 0.29) is 0 Å². The highest BCUT2D eigenvalue weighted by molar-refractivity contribution is 5.04. The molecule has 2 heterocycles. The second-order valence-corrected chi connectivity index (χ2v) is 3.59. The van der Waals surface area contributed by atoms with Crippen LogP contribution in [0.25, 0.3) is 0 Å². The van der Waals surface area contributed by atoms with Crippen LogP contribution in [0.4, 0.5) is 0 Å². The Morgan fingerprint density at radius 2 is 2.21 bits per heavy atom. The molecule has 0 aliphatic carbocycles. The second kappa shape index (κ2) is 4.62. The van der Waals surface area contributed by atoms with Gasteiger partial charge in [-0.1, -0.05) is 6.92 Å². The van der Waals surface area contributed by atoms with Crippen LogP contribution in [0.3, 0.4) is 0 Å². The monoisotopic (exact) mass is 195 g/mol. The average molecular weight is 195 g/mol. The number of furan rings is 1. The molecule has 0 bridgehead atoms. The van der Waals surface area contributed by atoms with Crippen LogP contribution in [0.15, 0.2) is 22.8 Å². The van der Waals surface area contributed by atoms with Crippen molar-refractivity contribution in [3.8, 4) is 0 Å². The lowest BCUT2D eigenvalue weighted by Gasteiger charge is -2.32. The number of hydrogen-bond acceptors (Lipinski definition) is 3. The molecular formula is C11H17NO2. The number of hydrogen-bond donors (Lipinski definition) is 0. The summed E-state index contributed by atoms with van der Waals surface area (Å²) in [6, 6.07) is 4.44. The van der Waals surface area contributed by atoms with Crippen molar-refractivity contribution in [2.45, 2.75) is 19.4 Å². The van der Waals surface area contributed by atoms with Gasteiger partial charge in [-0.25, -0.2) is 0 Å². The maximum absolute atomic E-state index is 5.46. The molecule has 1 aromatic heterocycles. The fourth-order valence-electron chi connectivity index (χ4n) is 2.01. The molecule has 1 aliphatic heterocycles. The van der Waals surface area contributed by atoms with Crippen molar-refractivity contribution >= 4 is 0 Å². The topological polar surface area (TPSA) is 25.6 Å². The van der Waals surface area contributed by atoms with Crippen LogP contribution in [0, 0.1) is 0 Å². The van der Waals surface area contributed by atoms with E-state index in [1.807, 2.05) is 6.07 Å². The van der Waals surface area contributed by atoms with E-state index in [9.17, 15) is 0 Å². The van der Waals surface area contributed by atoms with Crippen LogP contribution in [0.5, 0.6) is 0 Å². The molecule has 0 N–H and O–H groups in total. The summed E-state index contributed by atoms with van der Waals surface area (Å²) in [5.74, 6) is 1.08. The number of morpholine rings is 1. The Labute approximate surface area is 84.6 Å². The zero-order chi connectivity index (χ0) is 9.80. The predicted molar refractivity (Wildman–Crippen MR) is 54.1 cm³/mol. The number of nitrogens with zero attached hydrogens (tertiary/aromatic N) is 1. The Kier molecular flexibility index (Phi) is 3.22. The molecule has 14 heavy (non-hydrogen) atoms. The van der Waals surface area contributed by atoms with E-state index in [0.29, 0.717) is 6.04 Å². The van der Waals surface area contributed by atoms with Crippen LogP contribution in [-0.4, -0.2) is 31.2 Å². The summed E-state index contributed by atoms with van der Waals surface area (Å²) in [4.78, 5) is 2.43. The SMILES string of the molecule is CC[C@H](c1ccco1)N1CCOCC1. The van der Waals surface area contributed by atoms with Crippen LogP contribution < -0.4 is 0 Å². The van der Waals surface area contributed by atoms with E-state index in [1.165, 1.54) is 0 Å². The molecule has 0 radical (unpaired) electrons. The first-order valence-electron chi connectivity index (χ1n) is 5.27. The Morgan fingerprint density at radius 3 is 2.79 bits per heavy atom. The third-order valence-corrected chi connectivity index (χ3v) is 2.74. The van der Waals surface area contributed by atoms with Gasteiger partial charge in [-0.05, 0) is 18.6 Å². The van der Waals surface area contributed by atoms with Gasteiger partial charge in [0.1, 0.15) is 5.76 Å². The first-order valence-corrected chi connectivity index (χ1v) is 5.27. The van der Waals surface area contributed by atoms with Gasteiger partial charge < -0.3 is 9.15 Å². The van der Waals surface area contributed by atoms with E-state index in [1.54, 1.807) is 6.26 Å². The van der Waals surface area contributed by atoms with Crippen molar-refractivity contribution in [3.05, 3.63) is 24.2 Å². The van der Waals surface area contributed by atoms with E-state index in [4.69, 9.17) is 9.15 Å². The molecule has 0 spiro atoms. The maximum Gasteiger partial charge on any atom is 0.120 e. The first-order chi connectivity index (χ1) is 6.92. The molecule has 3 nitrogen and oxygen atoms in total. The van der Waals surface area contributed by atoms with Crippen molar-refractivity contribution in [2.75, 3.05) is 26.3 Å². The largest absolute Gasteiger partial charge is 0.468 e. The minimum absolute atomic E-state index is 0.425. The average Bonchev–Trinajstić information content (AvgIpc) is 2.74. The van der Waals surface area contributed by atoms with E-state index < -0.39 is 0 Å². The summed E-state index contributed by atoms with van der Waals surface area (Å²) in [6.07, 6.45) is 2.84. The van der Waals surface area contributed by atoms with Crippen molar-refractivity contribution in [2.24, 2.45) is 0 Å². The van der Waals surface area contributed by atoms with E-state index >= 15 is 0 Å². The fourth-order valence-corrected chi connectivity index (χ4v) is 2.01. The molecule has 1 aromatic rings. The highest BCUT2D eigenvalue weighted by atomic mass is 16.5. The molecule has 3 heteroatoms. The number of rotatable bonds is 3. The van der Waals surface area contributed by atoms with Crippen molar-refractivity contribution < 1.29 is 9.15 Å². The second-order valence-electron chi connectivity index (χ2n) is 3.59. The lowest BCUT2D eigenvalue weighted by Crippen LogP contribution is -2.38. The summed E-state index contributed by atoms with van der Waals surface area (Å²) in [5, 5.41) is 0. The van der Waals surface area contributed by atoms with Gasteiger partial charge in [-0.3, -0.25) is 4.90 Å². The normalized spacial score (nSPS) is 20.9.